The fourth-order valence-corrected chi connectivity index (χ4v) is 7.10. The second kappa shape index (κ2) is 20.4. The molecule has 0 radical (unpaired) electrons. The normalized spacial score (nSPS) is 18.1. The van der Waals surface area contributed by atoms with Crippen LogP contribution in [-0.4, -0.2) is 101 Å². The summed E-state index contributed by atoms with van der Waals surface area (Å²) >= 11 is 0. The molecule has 0 saturated heterocycles. The van der Waals surface area contributed by atoms with Crippen molar-refractivity contribution in [1.29, 1.82) is 0 Å². The van der Waals surface area contributed by atoms with Gasteiger partial charge in [-0.2, -0.15) is 13.2 Å². The Bertz CT molecular complexity index is 2320. The number of fused-ring (bicyclic) bond motifs is 2. The van der Waals surface area contributed by atoms with Crippen LogP contribution in [0, 0.1) is 34.9 Å². The van der Waals surface area contributed by atoms with Gasteiger partial charge < -0.3 is 26.2 Å². The summed E-state index contributed by atoms with van der Waals surface area (Å²) in [6, 6.07) is -1.80. The fourth-order valence-electron chi connectivity index (χ4n) is 7.10. The molecule has 2 aliphatic heterocycles. The topological polar surface area (TPSA) is 174 Å². The summed E-state index contributed by atoms with van der Waals surface area (Å²) < 4.78 is 148. The predicted molar refractivity (Wildman–Crippen MR) is 205 cm³/mol. The van der Waals surface area contributed by atoms with E-state index in [1.807, 2.05) is 0 Å². The van der Waals surface area contributed by atoms with Gasteiger partial charge in [-0.15, -0.1) is 10.2 Å². The average molecular weight is 926 g/mol. The molecule has 0 spiro atoms. The number of hydrogen-bond acceptors (Lipinski definition) is 9. The number of benzene rings is 2. The Kier molecular flexibility index (Phi) is 16.2. The Hall–Kier alpha value is -5.72. The molecule has 25 heteroatoms. The van der Waals surface area contributed by atoms with Crippen molar-refractivity contribution < 1.29 is 62.7 Å². The monoisotopic (exact) mass is 925 g/mol. The number of rotatable bonds is 11. The molecular weight excluding hydrogens is 879 g/mol. The third kappa shape index (κ3) is 11.7. The highest BCUT2D eigenvalue weighted by Crippen LogP contribution is 2.34. The van der Waals surface area contributed by atoms with Gasteiger partial charge >= 0.3 is 6.18 Å². The Morgan fingerprint density at radius 3 is 1.73 bits per heavy atom. The second-order valence-corrected chi connectivity index (χ2v) is 15.3. The van der Waals surface area contributed by atoms with E-state index in [1.165, 1.54) is 33.5 Å². The molecule has 6 rings (SSSR count). The van der Waals surface area contributed by atoms with Crippen molar-refractivity contribution in [3.05, 3.63) is 93.6 Å². The summed E-state index contributed by atoms with van der Waals surface area (Å²) in [5.41, 5.74) is 11.5. The van der Waals surface area contributed by atoms with E-state index in [4.69, 9.17) is 11.5 Å². The zero-order valence-electron chi connectivity index (χ0n) is 34.0. The zero-order chi connectivity index (χ0) is 46.8. The van der Waals surface area contributed by atoms with Crippen LogP contribution in [0.15, 0.2) is 24.3 Å². The van der Waals surface area contributed by atoms with Crippen molar-refractivity contribution in [1.82, 2.24) is 44.2 Å². The molecule has 2 aromatic carbocycles. The Morgan fingerprint density at radius 2 is 1.25 bits per heavy atom. The van der Waals surface area contributed by atoms with Crippen LogP contribution in [0.3, 0.4) is 0 Å². The van der Waals surface area contributed by atoms with Crippen LogP contribution in [0.1, 0.15) is 99.5 Å². The molecule has 14 nitrogen and oxygen atoms in total. The van der Waals surface area contributed by atoms with Crippen molar-refractivity contribution in [3.63, 3.8) is 0 Å². The van der Waals surface area contributed by atoms with E-state index in [0.717, 1.165) is 10.7 Å². The maximum atomic E-state index is 13.9. The SMILES string of the molecule is C.CC1c2nc(C(F)F)nn2C(C)CN1C(=O)C[C@H](N)Cc1cc(F)c(F)cc1F.CN(C)C(=O)CC1c2nc(C(F)(F)F)nn2CCN1C(=O)C[C@H](N)Cc1cc(F)c(F)cc1F. The first kappa shape index (κ1) is 50.9. The van der Waals surface area contributed by atoms with Gasteiger partial charge in [0.05, 0.1) is 25.0 Å². The molecule has 4 aromatic rings. The molecule has 352 valence electrons. The smallest absolute Gasteiger partial charge is 0.349 e. The van der Waals surface area contributed by atoms with Crippen molar-refractivity contribution >= 4 is 17.7 Å². The summed E-state index contributed by atoms with van der Waals surface area (Å²) in [6.45, 7) is 3.41. The summed E-state index contributed by atoms with van der Waals surface area (Å²) in [7, 11) is 2.91. The minimum absolute atomic E-state index is 0. The molecule has 0 saturated carbocycles. The molecule has 64 heavy (non-hydrogen) atoms. The summed E-state index contributed by atoms with van der Waals surface area (Å²) in [5, 5.41) is 7.25. The van der Waals surface area contributed by atoms with Gasteiger partial charge in [-0.1, -0.05) is 7.43 Å². The lowest BCUT2D eigenvalue weighted by Crippen LogP contribution is -2.46. The van der Waals surface area contributed by atoms with Gasteiger partial charge in [0.15, 0.2) is 29.1 Å². The summed E-state index contributed by atoms with van der Waals surface area (Å²) in [6.07, 6.45) is -9.02. The molecule has 2 aromatic heterocycles. The first-order chi connectivity index (χ1) is 29.4. The van der Waals surface area contributed by atoms with E-state index in [0.29, 0.717) is 18.2 Å². The molecular formula is C39H46F11N11O3. The van der Waals surface area contributed by atoms with E-state index < -0.39 is 95.1 Å². The van der Waals surface area contributed by atoms with Gasteiger partial charge in [-0.05, 0) is 49.9 Å². The zero-order valence-corrected chi connectivity index (χ0v) is 34.0. The van der Waals surface area contributed by atoms with Gasteiger partial charge in [0.2, 0.25) is 23.5 Å². The van der Waals surface area contributed by atoms with Crippen LogP contribution in [0.5, 0.6) is 0 Å². The van der Waals surface area contributed by atoms with Crippen molar-refractivity contribution in [3.8, 4) is 0 Å². The van der Waals surface area contributed by atoms with Crippen LogP contribution in [0.4, 0.5) is 48.3 Å². The standard InChI is InChI=1S/C20H22F6N6O2.C18H20F5N5O.CH4/c1-30(2)16(33)9-15-18-28-19(20(24,25)26)29-32(18)4-3-31(15)17(34)7-11(27)5-10-6-13(22)14(23)8-12(10)21;1-8-7-27(9(2)18-25-17(16(22)23)26-28(8)18)15(29)5-11(24)3-10-4-13(20)14(21)6-12(10)19;/h6,8,11,15H,3-5,7,9,27H2,1-2H3;4,6,8-9,11,16H,3,5,7,24H2,1-2H3;1H4/t11-,15?;8?,9?,11-;/m11./s1. The number of carbonyl (C=O) groups excluding carboxylic acids is 3. The quantitative estimate of drug-likeness (QED) is 0.141. The highest BCUT2D eigenvalue weighted by Gasteiger charge is 2.42. The lowest BCUT2D eigenvalue weighted by atomic mass is 10.0. The minimum atomic E-state index is -4.81. The highest BCUT2D eigenvalue weighted by molar-refractivity contribution is 5.80. The lowest BCUT2D eigenvalue weighted by molar-refractivity contribution is -0.145. The van der Waals surface area contributed by atoms with Crippen LogP contribution in [-0.2, 0) is 39.9 Å². The predicted octanol–water partition coefficient (Wildman–Crippen LogP) is 5.73. The third-order valence-corrected chi connectivity index (χ3v) is 10.3. The van der Waals surface area contributed by atoms with Crippen LogP contribution in [0.25, 0.3) is 0 Å². The number of nitrogens with zero attached hydrogens (tertiary/aromatic N) is 9. The number of alkyl halides is 5. The van der Waals surface area contributed by atoms with Crippen LogP contribution < -0.4 is 11.5 Å². The number of amides is 3. The lowest BCUT2D eigenvalue weighted by Gasteiger charge is -2.37. The molecule has 0 aliphatic carbocycles. The molecule has 3 unspecified atom stereocenters. The van der Waals surface area contributed by atoms with Crippen molar-refractivity contribution in [2.75, 3.05) is 27.2 Å². The van der Waals surface area contributed by atoms with Gasteiger partial charge in [0.1, 0.15) is 23.5 Å². The average Bonchev–Trinajstić information content (AvgIpc) is 3.85. The van der Waals surface area contributed by atoms with E-state index >= 15 is 0 Å². The highest BCUT2D eigenvalue weighted by atomic mass is 19.4. The largest absolute Gasteiger partial charge is 0.453 e. The van der Waals surface area contributed by atoms with Gasteiger partial charge in [-0.25, -0.2) is 54.5 Å². The van der Waals surface area contributed by atoms with E-state index in [-0.39, 0.29) is 93.9 Å². The second-order valence-electron chi connectivity index (χ2n) is 15.3. The Balaban J connectivity index is 0.000000279. The first-order valence-corrected chi connectivity index (χ1v) is 19.2. The van der Waals surface area contributed by atoms with Crippen LogP contribution in [0.2, 0.25) is 0 Å². The molecule has 4 N–H and O–H groups in total. The number of hydrogen-bond donors (Lipinski definition) is 2. The van der Waals surface area contributed by atoms with Gasteiger partial charge in [-0.3, -0.25) is 14.4 Å². The first-order valence-electron chi connectivity index (χ1n) is 19.2. The third-order valence-electron chi connectivity index (χ3n) is 10.3. The van der Waals surface area contributed by atoms with E-state index in [2.05, 4.69) is 20.2 Å². The van der Waals surface area contributed by atoms with Gasteiger partial charge in [0.25, 0.3) is 12.2 Å². The summed E-state index contributed by atoms with van der Waals surface area (Å²) in [4.78, 5) is 49.3. The number of aromatic nitrogens is 6. The van der Waals surface area contributed by atoms with Crippen LogP contribution >= 0.6 is 0 Å². The molecule has 3 amide bonds. The van der Waals surface area contributed by atoms with Gasteiger partial charge in [0, 0.05) is 64.2 Å². The minimum Gasteiger partial charge on any atom is -0.349 e. The van der Waals surface area contributed by atoms with Crippen molar-refractivity contribution in [2.24, 2.45) is 11.5 Å². The number of carbonyl (C=O) groups is 3. The maximum absolute atomic E-state index is 13.9. The maximum Gasteiger partial charge on any atom is 0.453 e. The number of halogens is 11. The Morgan fingerprint density at radius 1 is 0.750 bits per heavy atom. The number of nitrogens with two attached hydrogens (primary N) is 2. The Labute approximate surface area is 359 Å². The van der Waals surface area contributed by atoms with E-state index in [9.17, 15) is 62.7 Å². The molecule has 2 aliphatic rings. The summed E-state index contributed by atoms with van der Waals surface area (Å²) in [5.74, 6) is -10.5. The molecule has 4 heterocycles. The molecule has 0 fully saturated rings. The molecule has 0 bridgehead atoms. The molecule has 5 atom stereocenters. The van der Waals surface area contributed by atoms with Crippen molar-refractivity contribution in [2.45, 2.75) is 103 Å². The van der Waals surface area contributed by atoms with E-state index in [1.54, 1.807) is 13.8 Å². The fraction of sp³-hybridized carbons (Fsp3) is 0.513.